The van der Waals surface area contributed by atoms with Gasteiger partial charge in [0.2, 0.25) is 0 Å². The Morgan fingerprint density at radius 3 is 1.47 bits per heavy atom. The second kappa shape index (κ2) is 21.5. The molecule has 0 amide bonds. The first-order valence-corrected chi connectivity index (χ1v) is 28.6. The van der Waals surface area contributed by atoms with Gasteiger partial charge >= 0.3 is 0 Å². The summed E-state index contributed by atoms with van der Waals surface area (Å²) >= 11 is 28.9. The summed E-state index contributed by atoms with van der Waals surface area (Å²) in [7, 11) is 0. The van der Waals surface area contributed by atoms with E-state index >= 15 is 0 Å². The number of fused-ring (bicyclic) bond motifs is 2. The Morgan fingerprint density at radius 2 is 1.01 bits per heavy atom. The van der Waals surface area contributed by atoms with Crippen molar-refractivity contribution in [2.45, 2.75) is 132 Å². The van der Waals surface area contributed by atoms with Gasteiger partial charge in [-0.05, 0) is 113 Å². The summed E-state index contributed by atoms with van der Waals surface area (Å²) in [6.07, 6.45) is 9.82. The molecule has 19 heteroatoms. The van der Waals surface area contributed by atoms with Crippen molar-refractivity contribution < 1.29 is 43.0 Å². The van der Waals surface area contributed by atoms with Crippen LogP contribution in [0.1, 0.15) is 144 Å². The molecule has 75 heavy (non-hydrogen) atoms. The van der Waals surface area contributed by atoms with Crippen LogP contribution < -0.4 is 0 Å². The zero-order chi connectivity index (χ0) is 51.4. The fourth-order valence-corrected chi connectivity index (χ4v) is 14.1. The highest BCUT2D eigenvalue weighted by Gasteiger charge is 2.41. The lowest BCUT2D eigenvalue weighted by molar-refractivity contribution is -0.0641. The molecule has 4 aliphatic carbocycles. The van der Waals surface area contributed by atoms with E-state index < -0.39 is 11.2 Å². The van der Waals surface area contributed by atoms with E-state index in [-0.39, 0.29) is 18.5 Å². The number of nitrogens with zero attached hydrogens (tertiary/aromatic N) is 4. The Bertz CT molecular complexity index is 3340. The lowest BCUT2D eigenvalue weighted by atomic mass is 9.83. The van der Waals surface area contributed by atoms with E-state index in [0.717, 1.165) is 98.5 Å². The van der Waals surface area contributed by atoms with Gasteiger partial charge in [-0.1, -0.05) is 93.1 Å². The molecule has 0 unspecified atom stereocenters. The molecule has 13 rings (SSSR count). The number of aliphatic hydroxyl groups is 2. The van der Waals surface area contributed by atoms with Crippen molar-refractivity contribution in [3.05, 3.63) is 137 Å². The average Bonchev–Trinajstić information content (AvgIpc) is 4.06. The molecule has 1 aliphatic heterocycles. The van der Waals surface area contributed by atoms with Crippen LogP contribution in [0.25, 0.3) is 42.9 Å². The molecular formula is C56H52Cl4N4O9S2. The van der Waals surface area contributed by atoms with Crippen LogP contribution in [-0.2, 0) is 43.4 Å². The smallest absolute Gasteiger partial charge is 0.185 e. The Balaban J connectivity index is 0.000000152. The molecule has 1 saturated heterocycles. The number of thiazole rings is 2. The van der Waals surface area contributed by atoms with Crippen LogP contribution in [-0.4, -0.2) is 62.2 Å². The Labute approximate surface area is 460 Å². The Hall–Kier alpha value is -4.33. The third-order valence-electron chi connectivity index (χ3n) is 15.1. The minimum absolute atomic E-state index is 0.00650. The molecule has 0 bridgehead atoms. The monoisotopic (exact) mass is 1130 g/mol. The van der Waals surface area contributed by atoms with Crippen LogP contribution in [0.4, 0.5) is 0 Å². The number of hydrogen-bond donors (Lipinski definition) is 2. The van der Waals surface area contributed by atoms with Crippen LogP contribution in [0.15, 0.2) is 81.8 Å². The van der Waals surface area contributed by atoms with Gasteiger partial charge in [0.05, 0.1) is 79.2 Å². The number of carbonyl (C=O) groups excluding carboxylic acids is 1. The third-order valence-corrected chi connectivity index (χ3v) is 19.0. The van der Waals surface area contributed by atoms with Crippen LogP contribution in [0.5, 0.6) is 0 Å². The molecule has 390 valence electrons. The summed E-state index contributed by atoms with van der Waals surface area (Å²) in [6.45, 7) is 1.88. The molecule has 0 atom stereocenters. The highest BCUT2D eigenvalue weighted by atomic mass is 35.5. The minimum Gasteiger partial charge on any atom is -0.383 e. The van der Waals surface area contributed by atoms with E-state index in [2.05, 4.69) is 15.3 Å². The number of rotatable bonds is 14. The molecule has 8 aromatic rings. The van der Waals surface area contributed by atoms with Crippen molar-refractivity contribution in [1.82, 2.24) is 20.3 Å². The van der Waals surface area contributed by atoms with Gasteiger partial charge in [-0.15, -0.1) is 22.7 Å². The van der Waals surface area contributed by atoms with E-state index in [1.54, 1.807) is 36.4 Å². The zero-order valence-electron chi connectivity index (χ0n) is 40.6. The van der Waals surface area contributed by atoms with Crippen molar-refractivity contribution in [3.63, 3.8) is 0 Å². The minimum atomic E-state index is -1.02. The second-order valence-electron chi connectivity index (χ2n) is 20.2. The number of aldehydes is 1. The molecule has 5 fully saturated rings. The summed E-state index contributed by atoms with van der Waals surface area (Å²) in [5.41, 5.74) is 5.65. The molecule has 0 radical (unpaired) electrons. The summed E-state index contributed by atoms with van der Waals surface area (Å²) in [6, 6.07) is 22.2. The van der Waals surface area contributed by atoms with Crippen molar-refractivity contribution in [1.29, 1.82) is 0 Å². The molecule has 4 saturated carbocycles. The van der Waals surface area contributed by atoms with Crippen LogP contribution >= 0.6 is 69.1 Å². The summed E-state index contributed by atoms with van der Waals surface area (Å²) < 4.78 is 37.6. The van der Waals surface area contributed by atoms with Gasteiger partial charge in [0.1, 0.15) is 44.1 Å². The molecule has 4 aromatic carbocycles. The number of carbonyl (C=O) groups is 1. The normalized spacial score (nSPS) is 23.2. The Kier molecular flexibility index (Phi) is 14.7. The second-order valence-corrected chi connectivity index (χ2v) is 23.8. The highest BCUT2D eigenvalue weighted by molar-refractivity contribution is 7.19. The summed E-state index contributed by atoms with van der Waals surface area (Å²) in [5, 5.41) is 35.3. The fourth-order valence-electron chi connectivity index (χ4n) is 10.6. The largest absolute Gasteiger partial charge is 0.383 e. The first-order valence-electron chi connectivity index (χ1n) is 25.5. The third kappa shape index (κ3) is 10.5. The fraction of sp³-hybridized carbons (Fsp3) is 0.411. The quantitative estimate of drug-likeness (QED) is 0.0986. The molecule has 5 heterocycles. The summed E-state index contributed by atoms with van der Waals surface area (Å²) in [5.74, 6) is 2.45. The molecule has 4 aromatic heterocycles. The zero-order valence-corrected chi connectivity index (χ0v) is 45.2. The topological polar surface area (TPSA) is 172 Å². The lowest BCUT2D eigenvalue weighted by Crippen LogP contribution is -2.34. The van der Waals surface area contributed by atoms with Gasteiger partial charge in [-0.25, -0.2) is 9.97 Å². The maximum atomic E-state index is 11.6. The Morgan fingerprint density at radius 1 is 0.587 bits per heavy atom. The van der Waals surface area contributed by atoms with Gasteiger partial charge < -0.3 is 38.2 Å². The molecule has 13 nitrogen and oxygen atoms in total. The van der Waals surface area contributed by atoms with Gasteiger partial charge in [-0.3, -0.25) is 4.79 Å². The molecule has 0 spiro atoms. The highest BCUT2D eigenvalue weighted by Crippen LogP contribution is 2.50. The first-order chi connectivity index (χ1) is 36.5. The van der Waals surface area contributed by atoms with Crippen LogP contribution in [0, 0.1) is 0 Å². The summed E-state index contributed by atoms with van der Waals surface area (Å²) in [4.78, 5) is 20.9. The predicted octanol–water partition coefficient (Wildman–Crippen LogP) is 14.8. The molecular weight excluding hydrogens is 1080 g/mol. The van der Waals surface area contributed by atoms with Gasteiger partial charge in [0.25, 0.3) is 0 Å². The van der Waals surface area contributed by atoms with Crippen molar-refractivity contribution in [3.8, 4) is 22.5 Å². The molecule has 5 aliphatic rings. The van der Waals surface area contributed by atoms with E-state index in [9.17, 15) is 15.0 Å². The van der Waals surface area contributed by atoms with Gasteiger partial charge in [0.15, 0.2) is 12.6 Å². The van der Waals surface area contributed by atoms with Crippen LogP contribution in [0.3, 0.4) is 0 Å². The number of benzene rings is 4. The number of halogens is 4. The SMILES string of the molecule is O=Cc1cccc2nc(C3(O)CCC(OCc4c(-c5c(Cl)cccc5Cl)noc4C4CC4)CC3)sc12.OC1(c2nc3cccc(C4OCCO4)c3s2)CCC(OCc2c(-c3c(Cl)cccc3Cl)noc2C2CC2)CC1. The van der Waals surface area contributed by atoms with E-state index in [0.29, 0.717) is 130 Å². The van der Waals surface area contributed by atoms with Gasteiger partial charge in [-0.2, -0.15) is 0 Å². The molecule has 2 N–H and O–H groups in total. The number of ether oxygens (including phenoxy) is 4. The van der Waals surface area contributed by atoms with Crippen molar-refractivity contribution in [2.75, 3.05) is 13.2 Å². The number of hydrogen-bond acceptors (Lipinski definition) is 15. The lowest BCUT2D eigenvalue weighted by Gasteiger charge is -2.34. The predicted molar refractivity (Wildman–Crippen MR) is 289 cm³/mol. The van der Waals surface area contributed by atoms with Crippen LogP contribution in [0.2, 0.25) is 20.1 Å². The van der Waals surface area contributed by atoms with Crippen molar-refractivity contribution >= 4 is 95.8 Å². The standard InChI is InChI=1S/C29H28Cl2N2O5S.C27H24Cl2N2O4S/c30-20-4-2-5-21(31)23(20)24-19(25(38-33-24)16-7-8-16)15-37-17-9-11-29(34,12-10-17)28-32-22-6-1-3-18(26(22)39-28)27-35-13-14-36-27;28-19-4-2-5-20(29)22(19)23-18(24(35-31-23)15-7-8-15)14-34-17-9-11-27(33,12-10-17)26-30-21-6-1-3-16(13-32)25(21)36-26/h1-6,16-17,27,34H,7-15H2;1-6,13,15,17,33H,7-12,14H2. The van der Waals surface area contributed by atoms with E-state index in [4.69, 9.17) is 79.4 Å². The number of aromatic nitrogens is 4. The van der Waals surface area contributed by atoms with Crippen molar-refractivity contribution in [2.24, 2.45) is 0 Å². The van der Waals surface area contributed by atoms with E-state index in [1.165, 1.54) is 22.7 Å². The van der Waals surface area contributed by atoms with Gasteiger partial charge in [0, 0.05) is 45.2 Å². The first kappa shape index (κ1) is 51.4. The maximum absolute atomic E-state index is 11.6. The average molecular weight is 1130 g/mol. The van der Waals surface area contributed by atoms with E-state index in [1.807, 2.05) is 36.4 Å². The maximum Gasteiger partial charge on any atom is 0.185 e.